The van der Waals surface area contributed by atoms with Gasteiger partial charge in [-0.25, -0.2) is 15.0 Å². The first-order valence-electron chi connectivity index (χ1n) is 24.4. The predicted molar refractivity (Wildman–Crippen MR) is 259 cm³/mol. The molecule has 7 aromatic rings. The van der Waals surface area contributed by atoms with Crippen LogP contribution in [0, 0.1) is 0 Å². The van der Waals surface area contributed by atoms with E-state index in [4.69, 9.17) is 34.4 Å². The molecule has 0 aromatic carbocycles. The first kappa shape index (κ1) is 48.4. The lowest BCUT2D eigenvalue weighted by atomic mass is 9.91. The minimum Gasteiger partial charge on any atom is -0.390 e. The lowest BCUT2D eigenvalue weighted by Crippen LogP contribution is -2.43. The molecule has 29 nitrogen and oxygen atoms in total. The second-order valence-electron chi connectivity index (χ2n) is 18.3. The van der Waals surface area contributed by atoms with E-state index < -0.39 is 43.0 Å². The molecule has 29 heteroatoms. The average molecular weight is 995 g/mol. The highest BCUT2D eigenvalue weighted by molar-refractivity contribution is 5.84. The van der Waals surface area contributed by atoms with Crippen LogP contribution in [-0.4, -0.2) is 168 Å². The molecule has 3 aliphatic rings. The Kier molecular flexibility index (Phi) is 14.0. The van der Waals surface area contributed by atoms with Gasteiger partial charge in [0.2, 0.25) is 23.5 Å². The van der Waals surface area contributed by atoms with Crippen LogP contribution in [0.4, 0.5) is 35.0 Å². The zero-order valence-corrected chi connectivity index (χ0v) is 41.0. The van der Waals surface area contributed by atoms with Crippen LogP contribution in [0.15, 0.2) is 31.4 Å². The molecule has 3 fully saturated rings. The van der Waals surface area contributed by atoms with Gasteiger partial charge in [-0.1, -0.05) is 0 Å². The number of aliphatic hydroxyl groups is 3. The number of aryl methyl sites for hydroxylation is 4. The summed E-state index contributed by atoms with van der Waals surface area (Å²) in [4.78, 5) is 38.0. The van der Waals surface area contributed by atoms with Gasteiger partial charge in [0.25, 0.3) is 0 Å². The zero-order valence-electron chi connectivity index (χ0n) is 41.0. The molecular weight excluding hydrogens is 933 g/mol. The van der Waals surface area contributed by atoms with Gasteiger partial charge in [-0.3, -0.25) is 4.57 Å². The van der Waals surface area contributed by atoms with E-state index >= 15 is 0 Å². The van der Waals surface area contributed by atoms with Gasteiger partial charge in [-0.05, 0) is 50.0 Å². The summed E-state index contributed by atoms with van der Waals surface area (Å²) in [5.74, 6) is 2.82. The second kappa shape index (κ2) is 20.9. The fraction of sp³-hybridized carbons (Fsp3) is 0.605. The van der Waals surface area contributed by atoms with Gasteiger partial charge >= 0.3 is 0 Å². The highest BCUT2D eigenvalue weighted by Crippen LogP contribution is 2.41. The number of aliphatic hydroxyl groups excluding tert-OH is 3. The number of nitrogens with one attached hydrogen (secondary N) is 5. The molecule has 0 radical (unpaired) electrons. The van der Waals surface area contributed by atoms with E-state index in [0.717, 1.165) is 37.1 Å². The van der Waals surface area contributed by atoms with E-state index in [2.05, 4.69) is 67.4 Å². The predicted octanol–water partition coefficient (Wildman–Crippen LogP) is 0.559. The van der Waals surface area contributed by atoms with Crippen LogP contribution in [0.25, 0.3) is 11.2 Å². The topological polar surface area (TPSA) is 335 Å². The van der Waals surface area contributed by atoms with E-state index in [0.29, 0.717) is 91.0 Å². The van der Waals surface area contributed by atoms with Gasteiger partial charge in [-0.2, -0.15) is 29.5 Å². The number of hydrogen-bond donors (Lipinski definition) is 8. The van der Waals surface area contributed by atoms with Crippen LogP contribution in [0.2, 0.25) is 0 Å². The lowest BCUT2D eigenvalue weighted by Gasteiger charge is -2.32. The van der Waals surface area contributed by atoms with Crippen molar-refractivity contribution in [3.8, 4) is 0 Å². The normalized spacial score (nSPS) is 24.3. The van der Waals surface area contributed by atoms with Gasteiger partial charge in [0, 0.05) is 85.0 Å². The Morgan fingerprint density at radius 1 is 0.708 bits per heavy atom. The summed E-state index contributed by atoms with van der Waals surface area (Å²) < 4.78 is 18.3. The highest BCUT2D eigenvalue weighted by Gasteiger charge is 2.48. The molecule has 384 valence electrons. The number of tetrazole rings is 2. The molecule has 1 saturated carbocycles. The molecule has 0 spiro atoms. The number of rotatable bonds is 20. The number of hydrogen-bond acceptors (Lipinski definition) is 24. The number of anilines is 6. The molecule has 2 saturated heterocycles. The van der Waals surface area contributed by atoms with Crippen LogP contribution in [0.3, 0.4) is 0 Å². The maximum Gasteiger partial charge on any atom is 0.226 e. The van der Waals surface area contributed by atoms with E-state index in [-0.39, 0.29) is 24.3 Å². The molecule has 1 unspecified atom stereocenters. The maximum absolute atomic E-state index is 11.4. The SMILES string of the molecule is CCn1nnc([C@H]2O[C@@H](N(C)c3nc(NCCc4cn(C)cn4)nc(NC4CCC(Nc5nc(NCCc6cn(C)cn6)nc6c5ncn6[C@H]5C[C@H](O)[C@@H](c6nnn(CC)n6)O5)CC4)c3NC)[C@H](O)C2O)n1. The zero-order chi connectivity index (χ0) is 50.0. The van der Waals surface area contributed by atoms with Crippen molar-refractivity contribution in [2.45, 2.75) is 127 Å². The molecule has 7 aromatic heterocycles. The van der Waals surface area contributed by atoms with Crippen molar-refractivity contribution in [2.75, 3.05) is 58.7 Å². The number of likely N-dealkylation sites (N-methyl/N-ethyl adjacent to an activating group) is 1. The molecule has 0 bridgehead atoms. The Labute approximate surface area is 413 Å². The molecule has 1 aliphatic carbocycles. The Hall–Kier alpha value is -7.21. The van der Waals surface area contributed by atoms with Gasteiger partial charge in [0.05, 0.1) is 49.6 Å². The first-order valence-corrected chi connectivity index (χ1v) is 24.4. The Morgan fingerprint density at radius 2 is 1.29 bits per heavy atom. The molecule has 8 N–H and O–H groups in total. The summed E-state index contributed by atoms with van der Waals surface area (Å²) in [6.45, 7) is 5.86. The van der Waals surface area contributed by atoms with E-state index in [9.17, 15) is 15.3 Å². The molecule has 72 heavy (non-hydrogen) atoms. The molecule has 0 amide bonds. The monoisotopic (exact) mass is 995 g/mol. The first-order chi connectivity index (χ1) is 34.9. The molecular formula is C43H62N24O5. The molecule has 10 rings (SSSR count). The van der Waals surface area contributed by atoms with Crippen LogP contribution in [0.5, 0.6) is 0 Å². The van der Waals surface area contributed by atoms with Gasteiger partial charge in [0.1, 0.15) is 30.2 Å². The summed E-state index contributed by atoms with van der Waals surface area (Å²) in [5, 5.41) is 76.1. The molecule has 2 aliphatic heterocycles. The largest absolute Gasteiger partial charge is 0.390 e. The third-order valence-corrected chi connectivity index (χ3v) is 13.2. The average Bonchev–Trinajstić information content (AvgIpc) is 4.26. The summed E-state index contributed by atoms with van der Waals surface area (Å²) in [6.07, 6.45) is 6.95. The van der Waals surface area contributed by atoms with E-state index in [1.165, 1.54) is 9.59 Å². The molecule has 9 heterocycles. The van der Waals surface area contributed by atoms with Crippen molar-refractivity contribution in [2.24, 2.45) is 14.1 Å². The van der Waals surface area contributed by atoms with Gasteiger partial charge in [0.15, 0.2) is 40.9 Å². The third-order valence-electron chi connectivity index (χ3n) is 13.2. The fourth-order valence-corrected chi connectivity index (χ4v) is 9.37. The summed E-state index contributed by atoms with van der Waals surface area (Å²) >= 11 is 0. The minimum atomic E-state index is -1.33. The fourth-order valence-electron chi connectivity index (χ4n) is 9.37. The van der Waals surface area contributed by atoms with Crippen molar-refractivity contribution < 1.29 is 24.8 Å². The van der Waals surface area contributed by atoms with Crippen molar-refractivity contribution in [1.29, 1.82) is 0 Å². The number of aromatic nitrogens is 18. The summed E-state index contributed by atoms with van der Waals surface area (Å²) in [7, 11) is 7.40. The van der Waals surface area contributed by atoms with Crippen LogP contribution >= 0.6 is 0 Å². The lowest BCUT2D eigenvalue weighted by molar-refractivity contribution is -0.0231. The Morgan fingerprint density at radius 3 is 1.86 bits per heavy atom. The van der Waals surface area contributed by atoms with Crippen molar-refractivity contribution >= 4 is 46.2 Å². The number of ether oxygens (including phenoxy) is 2. The van der Waals surface area contributed by atoms with Crippen LogP contribution in [0.1, 0.15) is 87.4 Å². The van der Waals surface area contributed by atoms with Crippen LogP contribution in [-0.2, 0) is 49.5 Å². The third kappa shape index (κ3) is 10.1. The molecule has 7 atom stereocenters. The van der Waals surface area contributed by atoms with E-state index in [1.54, 1.807) is 38.0 Å². The minimum absolute atomic E-state index is 0.0251. The Bertz CT molecular complexity index is 2920. The van der Waals surface area contributed by atoms with Gasteiger partial charge < -0.3 is 65.4 Å². The van der Waals surface area contributed by atoms with Crippen molar-refractivity contribution in [3.05, 3.63) is 54.4 Å². The number of fused-ring (bicyclic) bond motifs is 1. The summed E-state index contributed by atoms with van der Waals surface area (Å²) in [6, 6.07) is 0.0689. The second-order valence-corrected chi connectivity index (χ2v) is 18.3. The standard InChI is InChI=1S/C43H62N24O5/c1-7-66-58-37(56-60-66)33-27(68)17-28(71-33)65-22-49-30-36(53-43(55-40(30)65)46-16-14-26-19-63(5)21-48-26)51-24-11-9-23(10-12-24)50-35-29(44-3)39(54-42(52-35)45-15-13-25-18-62(4)20-47-25)64(6)41-32(70)31(69)34(72-41)38-57-61-67(8-2)59-38/h18-24,27-28,31-34,41,44,68-70H,7-17H2,1-6H3,(H2,45,50,52,54)(H2,46,51,53,55)/t23?,24?,27-,28+,31?,32+,33-,34-,41+/m0/s1. The quantitative estimate of drug-likeness (QED) is 0.0517. The van der Waals surface area contributed by atoms with Crippen LogP contribution < -0.4 is 31.5 Å². The number of nitrogens with zero attached hydrogens (tertiary/aromatic N) is 19. The smallest absolute Gasteiger partial charge is 0.226 e. The van der Waals surface area contributed by atoms with Crippen molar-refractivity contribution in [1.82, 2.24) is 89.0 Å². The van der Waals surface area contributed by atoms with Crippen molar-refractivity contribution in [3.63, 3.8) is 0 Å². The Balaban J connectivity index is 0.863. The highest BCUT2D eigenvalue weighted by atomic mass is 16.6. The summed E-state index contributed by atoms with van der Waals surface area (Å²) in [5.41, 5.74) is 3.55. The van der Waals surface area contributed by atoms with E-state index in [1.807, 2.05) is 54.0 Å². The maximum atomic E-state index is 11.4. The van der Waals surface area contributed by atoms with Gasteiger partial charge in [-0.15, -0.1) is 20.4 Å². The number of imidazole rings is 3.